The maximum atomic E-state index is 11.8. The zero-order chi connectivity index (χ0) is 7.78. The predicted molar refractivity (Wildman–Crippen MR) is 29.9 cm³/mol. The van der Waals surface area contributed by atoms with Crippen LogP contribution in [0.25, 0.3) is 0 Å². The lowest BCUT2D eigenvalue weighted by atomic mass is 10.3. The normalized spacial score (nSPS) is 26.0. The van der Waals surface area contributed by atoms with E-state index >= 15 is 0 Å². The van der Waals surface area contributed by atoms with Crippen LogP contribution in [0.2, 0.25) is 0 Å². The maximum absolute atomic E-state index is 11.8. The van der Waals surface area contributed by atoms with E-state index in [1.54, 1.807) is 6.92 Å². The number of hydrogen-bond acceptors (Lipinski definition) is 2. The summed E-state index contributed by atoms with van der Waals surface area (Å²) in [5.74, 6) is 0. The largest absolute Gasteiger partial charge is 0.409 e. The van der Waals surface area contributed by atoms with E-state index in [0.717, 1.165) is 6.08 Å². The molecule has 2 nitrogen and oxygen atoms in total. The summed E-state index contributed by atoms with van der Waals surface area (Å²) >= 11 is 0. The van der Waals surface area contributed by atoms with Gasteiger partial charge in [0.25, 0.3) is 0 Å². The summed E-state index contributed by atoms with van der Waals surface area (Å²) in [6.45, 7) is 1.57. The Bertz CT molecular complexity index is 161. The van der Waals surface area contributed by atoms with Crippen molar-refractivity contribution >= 4 is 0 Å². The van der Waals surface area contributed by atoms with Gasteiger partial charge in [-0.3, -0.25) is 0 Å². The number of hydrazine groups is 1. The molecular weight excluding hydrogens is 145 g/mol. The van der Waals surface area contributed by atoms with Crippen LogP contribution in [0, 0.1) is 0 Å². The van der Waals surface area contributed by atoms with Gasteiger partial charge in [0.15, 0.2) is 0 Å². The van der Waals surface area contributed by atoms with E-state index in [-0.39, 0.29) is 0 Å². The highest BCUT2D eigenvalue weighted by Gasteiger charge is 2.40. The molecule has 1 atom stereocenters. The Kier molecular flexibility index (Phi) is 1.60. The van der Waals surface area contributed by atoms with E-state index in [9.17, 15) is 13.2 Å². The maximum Gasteiger partial charge on any atom is 0.409 e. The fourth-order valence-electron chi connectivity index (χ4n) is 0.701. The summed E-state index contributed by atoms with van der Waals surface area (Å²) in [4.78, 5) is 0. The summed E-state index contributed by atoms with van der Waals surface area (Å²) in [6, 6.07) is -1.53. The van der Waals surface area contributed by atoms with Crippen molar-refractivity contribution in [3.63, 3.8) is 0 Å². The Morgan fingerprint density at radius 1 is 1.50 bits per heavy atom. The molecule has 0 amide bonds. The third-order valence-corrected chi connectivity index (χ3v) is 1.19. The molecule has 1 aliphatic heterocycles. The molecule has 0 saturated heterocycles. The molecule has 58 valence electrons. The van der Waals surface area contributed by atoms with E-state index in [0.29, 0.717) is 5.70 Å². The second-order valence-corrected chi connectivity index (χ2v) is 2.14. The highest BCUT2D eigenvalue weighted by molar-refractivity contribution is 5.09. The Balaban J connectivity index is 2.61. The van der Waals surface area contributed by atoms with E-state index < -0.39 is 12.2 Å². The molecular formula is C5H7F3N2. The van der Waals surface area contributed by atoms with Crippen molar-refractivity contribution in [1.82, 2.24) is 10.9 Å². The van der Waals surface area contributed by atoms with Gasteiger partial charge in [0.05, 0.1) is 0 Å². The minimum atomic E-state index is -4.19. The number of alkyl halides is 3. The minimum Gasteiger partial charge on any atom is -0.325 e. The van der Waals surface area contributed by atoms with E-state index in [2.05, 4.69) is 10.9 Å². The van der Waals surface area contributed by atoms with Crippen LogP contribution in [0.15, 0.2) is 11.8 Å². The molecule has 0 fully saturated rings. The minimum absolute atomic E-state index is 0.502. The van der Waals surface area contributed by atoms with Crippen molar-refractivity contribution in [3.8, 4) is 0 Å². The van der Waals surface area contributed by atoms with Gasteiger partial charge in [0.2, 0.25) is 0 Å². The molecule has 1 unspecified atom stereocenters. The molecule has 10 heavy (non-hydrogen) atoms. The highest BCUT2D eigenvalue weighted by atomic mass is 19.4. The van der Waals surface area contributed by atoms with Gasteiger partial charge in [-0.25, -0.2) is 5.43 Å². The first-order chi connectivity index (χ1) is 4.50. The van der Waals surface area contributed by atoms with Crippen LogP contribution in [-0.4, -0.2) is 12.2 Å². The number of hydrogen-bond donors (Lipinski definition) is 2. The summed E-state index contributed by atoms with van der Waals surface area (Å²) in [5.41, 5.74) is 4.95. The molecule has 0 aliphatic carbocycles. The van der Waals surface area contributed by atoms with Crippen LogP contribution in [0.4, 0.5) is 13.2 Å². The van der Waals surface area contributed by atoms with Crippen molar-refractivity contribution in [2.75, 3.05) is 0 Å². The average molecular weight is 152 g/mol. The molecule has 2 N–H and O–H groups in total. The lowest BCUT2D eigenvalue weighted by Crippen LogP contribution is -2.41. The standard InChI is InChI=1S/C5H7F3N2/c1-3-2-4(10-9-3)5(6,7)8/h2,4,9-10H,1H3. The first-order valence-corrected chi connectivity index (χ1v) is 2.77. The molecule has 1 heterocycles. The number of halogens is 3. The Hall–Kier alpha value is -0.710. The third-order valence-electron chi connectivity index (χ3n) is 1.19. The van der Waals surface area contributed by atoms with Crippen molar-refractivity contribution < 1.29 is 13.2 Å². The third kappa shape index (κ3) is 1.41. The molecule has 0 bridgehead atoms. The SMILES string of the molecule is CC1=CC(C(F)(F)F)NN1. The van der Waals surface area contributed by atoms with Gasteiger partial charge in [0, 0.05) is 5.70 Å². The summed E-state index contributed by atoms with van der Waals surface area (Å²) < 4.78 is 35.4. The van der Waals surface area contributed by atoms with E-state index in [1.165, 1.54) is 0 Å². The molecule has 0 radical (unpaired) electrons. The van der Waals surface area contributed by atoms with Crippen molar-refractivity contribution in [2.45, 2.75) is 19.1 Å². The van der Waals surface area contributed by atoms with Crippen LogP contribution in [0.5, 0.6) is 0 Å². The first kappa shape index (κ1) is 7.40. The first-order valence-electron chi connectivity index (χ1n) is 2.77. The van der Waals surface area contributed by atoms with Gasteiger partial charge in [0.1, 0.15) is 6.04 Å². The second-order valence-electron chi connectivity index (χ2n) is 2.14. The summed E-state index contributed by atoms with van der Waals surface area (Å²) in [5, 5.41) is 0. The van der Waals surface area contributed by atoms with Gasteiger partial charge in [-0.2, -0.15) is 13.2 Å². The summed E-state index contributed by atoms with van der Waals surface area (Å²) in [7, 11) is 0. The molecule has 1 rings (SSSR count). The van der Waals surface area contributed by atoms with E-state index in [4.69, 9.17) is 0 Å². The second kappa shape index (κ2) is 2.16. The van der Waals surface area contributed by atoms with Gasteiger partial charge < -0.3 is 5.43 Å². The van der Waals surface area contributed by atoms with Gasteiger partial charge in [-0.1, -0.05) is 0 Å². The predicted octanol–water partition coefficient (Wildman–Crippen LogP) is 0.929. The Labute approximate surface area is 56.1 Å². The Morgan fingerprint density at radius 2 is 2.10 bits per heavy atom. The van der Waals surface area contributed by atoms with Crippen LogP contribution in [0.3, 0.4) is 0 Å². The quantitative estimate of drug-likeness (QED) is 0.539. The van der Waals surface area contributed by atoms with Crippen LogP contribution in [-0.2, 0) is 0 Å². The summed E-state index contributed by atoms with van der Waals surface area (Å²) in [6.07, 6.45) is -3.09. The molecule has 0 aromatic carbocycles. The van der Waals surface area contributed by atoms with Gasteiger partial charge >= 0.3 is 6.18 Å². The molecule has 0 saturated carbocycles. The molecule has 5 heteroatoms. The zero-order valence-electron chi connectivity index (χ0n) is 5.29. The van der Waals surface area contributed by atoms with Crippen molar-refractivity contribution in [2.24, 2.45) is 0 Å². The monoisotopic (exact) mass is 152 g/mol. The number of nitrogens with one attached hydrogen (secondary N) is 2. The van der Waals surface area contributed by atoms with E-state index in [1.807, 2.05) is 0 Å². The number of rotatable bonds is 0. The molecule has 1 aliphatic rings. The van der Waals surface area contributed by atoms with Gasteiger partial charge in [-0.05, 0) is 13.0 Å². The lowest BCUT2D eigenvalue weighted by Gasteiger charge is -2.11. The van der Waals surface area contributed by atoms with Crippen LogP contribution in [0.1, 0.15) is 6.92 Å². The smallest absolute Gasteiger partial charge is 0.325 e. The molecule has 0 spiro atoms. The van der Waals surface area contributed by atoms with Crippen LogP contribution < -0.4 is 10.9 Å². The molecule has 0 aromatic rings. The fraction of sp³-hybridized carbons (Fsp3) is 0.600. The van der Waals surface area contributed by atoms with Crippen molar-refractivity contribution in [1.29, 1.82) is 0 Å². The Morgan fingerprint density at radius 3 is 2.30 bits per heavy atom. The lowest BCUT2D eigenvalue weighted by molar-refractivity contribution is -0.144. The molecule has 0 aromatic heterocycles. The van der Waals surface area contributed by atoms with Crippen LogP contribution >= 0.6 is 0 Å². The average Bonchev–Trinajstić information content (AvgIpc) is 2.11. The number of allylic oxidation sites excluding steroid dienone is 1. The van der Waals surface area contributed by atoms with Gasteiger partial charge in [-0.15, -0.1) is 0 Å². The zero-order valence-corrected chi connectivity index (χ0v) is 5.29. The highest BCUT2D eigenvalue weighted by Crippen LogP contribution is 2.23. The topological polar surface area (TPSA) is 24.1 Å². The van der Waals surface area contributed by atoms with Crippen molar-refractivity contribution in [3.05, 3.63) is 11.8 Å². The fourth-order valence-corrected chi connectivity index (χ4v) is 0.701.